The molecule has 2 atom stereocenters. The molecular weight excluding hydrogens is 485 g/mol. The highest BCUT2D eigenvalue weighted by Gasteiger charge is 2.31. The van der Waals surface area contributed by atoms with E-state index in [0.717, 1.165) is 17.0 Å². The Hall–Kier alpha value is -2.29. The van der Waals surface area contributed by atoms with Crippen LogP contribution in [0, 0.1) is 0 Å². The van der Waals surface area contributed by atoms with Crippen molar-refractivity contribution in [1.29, 1.82) is 0 Å². The Kier molecular flexibility index (Phi) is 9.57. The molecule has 0 bridgehead atoms. The summed E-state index contributed by atoms with van der Waals surface area (Å²) < 4.78 is 26.0. The van der Waals surface area contributed by atoms with Gasteiger partial charge >= 0.3 is 0 Å². The van der Waals surface area contributed by atoms with Crippen molar-refractivity contribution in [1.82, 2.24) is 10.2 Å². The lowest BCUT2D eigenvalue weighted by Gasteiger charge is -2.32. The van der Waals surface area contributed by atoms with E-state index < -0.39 is 28.5 Å². The van der Waals surface area contributed by atoms with Gasteiger partial charge in [0.2, 0.25) is 21.8 Å². The van der Waals surface area contributed by atoms with Crippen molar-refractivity contribution in [2.45, 2.75) is 45.8 Å². The lowest BCUT2D eigenvalue weighted by Crippen LogP contribution is -2.52. The normalized spacial score (nSPS) is 13.2. The zero-order chi connectivity index (χ0) is 24.8. The predicted octanol–water partition coefficient (Wildman–Crippen LogP) is 4.09. The van der Waals surface area contributed by atoms with Gasteiger partial charge in [-0.3, -0.25) is 13.9 Å². The number of anilines is 1. The topological polar surface area (TPSA) is 86.8 Å². The van der Waals surface area contributed by atoms with Crippen molar-refractivity contribution in [2.75, 3.05) is 17.1 Å². The fourth-order valence-corrected chi connectivity index (χ4v) is 4.45. The van der Waals surface area contributed by atoms with Crippen LogP contribution in [0.2, 0.25) is 10.0 Å². The van der Waals surface area contributed by atoms with Crippen LogP contribution in [0.4, 0.5) is 5.69 Å². The maximum absolute atomic E-state index is 13.5. The number of nitrogens with zero attached hydrogens (tertiary/aromatic N) is 2. The Morgan fingerprint density at radius 3 is 2.12 bits per heavy atom. The maximum atomic E-state index is 13.5. The molecule has 0 heterocycles. The van der Waals surface area contributed by atoms with Crippen LogP contribution >= 0.6 is 23.2 Å². The maximum Gasteiger partial charge on any atom is 0.244 e. The minimum absolute atomic E-state index is 0.0354. The van der Waals surface area contributed by atoms with Crippen LogP contribution in [0.25, 0.3) is 0 Å². The van der Waals surface area contributed by atoms with E-state index in [1.165, 1.54) is 11.0 Å². The Morgan fingerprint density at radius 2 is 1.58 bits per heavy atom. The highest BCUT2D eigenvalue weighted by molar-refractivity contribution is 7.92. The molecule has 0 saturated heterocycles. The van der Waals surface area contributed by atoms with Crippen LogP contribution in [0.5, 0.6) is 0 Å². The van der Waals surface area contributed by atoms with Gasteiger partial charge in [-0.1, -0.05) is 60.5 Å². The van der Waals surface area contributed by atoms with Crippen molar-refractivity contribution in [3.8, 4) is 0 Å². The van der Waals surface area contributed by atoms with Crippen molar-refractivity contribution in [3.05, 3.63) is 64.1 Å². The number of para-hydroxylation sites is 1. The molecule has 180 valence electrons. The van der Waals surface area contributed by atoms with Gasteiger partial charge in [0.1, 0.15) is 12.6 Å². The first-order valence-electron chi connectivity index (χ1n) is 10.5. The summed E-state index contributed by atoms with van der Waals surface area (Å²) in [5.74, 6) is -0.902. The van der Waals surface area contributed by atoms with Crippen LogP contribution < -0.4 is 9.62 Å². The smallest absolute Gasteiger partial charge is 0.244 e. The molecular formula is C23H29Cl2N3O4S. The minimum Gasteiger partial charge on any atom is -0.352 e. The van der Waals surface area contributed by atoms with E-state index in [9.17, 15) is 18.0 Å². The Morgan fingerprint density at radius 1 is 1.00 bits per heavy atom. The van der Waals surface area contributed by atoms with E-state index in [-0.39, 0.29) is 29.2 Å². The molecule has 0 spiro atoms. The lowest BCUT2D eigenvalue weighted by molar-refractivity contribution is -0.139. The molecule has 0 aliphatic rings. The molecule has 2 amide bonds. The van der Waals surface area contributed by atoms with Crippen molar-refractivity contribution < 1.29 is 18.0 Å². The highest BCUT2D eigenvalue weighted by Crippen LogP contribution is 2.27. The molecule has 1 N–H and O–H groups in total. The van der Waals surface area contributed by atoms with E-state index in [1.807, 2.05) is 13.8 Å². The molecule has 0 radical (unpaired) electrons. The number of hydrogen-bond acceptors (Lipinski definition) is 4. The molecule has 0 saturated carbocycles. The summed E-state index contributed by atoms with van der Waals surface area (Å²) in [6, 6.07) is 12.4. The van der Waals surface area contributed by atoms with Gasteiger partial charge in [0.05, 0.1) is 17.0 Å². The van der Waals surface area contributed by atoms with Crippen LogP contribution in [0.15, 0.2) is 48.5 Å². The Bertz CT molecular complexity index is 1090. The Balaban J connectivity index is 2.41. The van der Waals surface area contributed by atoms with Crippen molar-refractivity contribution in [3.63, 3.8) is 0 Å². The number of benzene rings is 2. The SMILES string of the molecule is CC[C@H](C)NC(=O)[C@H](C)N(Cc1ccccc1Cl)C(=O)CN(c1ccccc1Cl)S(C)(=O)=O. The molecule has 2 aromatic carbocycles. The van der Waals surface area contributed by atoms with Crippen LogP contribution in [-0.4, -0.2) is 50.0 Å². The summed E-state index contributed by atoms with van der Waals surface area (Å²) in [7, 11) is -3.84. The lowest BCUT2D eigenvalue weighted by atomic mass is 10.1. The molecule has 2 rings (SSSR count). The molecule has 2 aromatic rings. The van der Waals surface area contributed by atoms with Gasteiger partial charge in [-0.05, 0) is 44.0 Å². The summed E-state index contributed by atoms with van der Waals surface area (Å²) in [4.78, 5) is 27.6. The average Bonchev–Trinajstić information content (AvgIpc) is 2.76. The van der Waals surface area contributed by atoms with Gasteiger partial charge in [0, 0.05) is 17.6 Å². The number of carbonyl (C=O) groups is 2. The average molecular weight is 514 g/mol. The summed E-state index contributed by atoms with van der Waals surface area (Å²) in [6.07, 6.45) is 1.73. The quantitative estimate of drug-likeness (QED) is 0.518. The largest absolute Gasteiger partial charge is 0.352 e. The van der Waals surface area contributed by atoms with Gasteiger partial charge in [-0.2, -0.15) is 0 Å². The summed E-state index contributed by atoms with van der Waals surface area (Å²) in [6.45, 7) is 4.93. The zero-order valence-electron chi connectivity index (χ0n) is 19.1. The summed E-state index contributed by atoms with van der Waals surface area (Å²) >= 11 is 12.5. The first-order valence-corrected chi connectivity index (χ1v) is 13.1. The summed E-state index contributed by atoms with van der Waals surface area (Å²) in [5.41, 5.74) is 0.823. The summed E-state index contributed by atoms with van der Waals surface area (Å²) in [5, 5.41) is 3.50. The van der Waals surface area contributed by atoms with E-state index in [4.69, 9.17) is 23.2 Å². The number of carbonyl (C=O) groups excluding carboxylic acids is 2. The Labute approximate surface area is 205 Å². The fraction of sp³-hybridized carbons (Fsp3) is 0.391. The van der Waals surface area contributed by atoms with Crippen LogP contribution in [0.1, 0.15) is 32.8 Å². The fourth-order valence-electron chi connectivity index (χ4n) is 3.11. The second-order valence-corrected chi connectivity index (χ2v) is 10.5. The molecule has 0 aliphatic carbocycles. The molecule has 33 heavy (non-hydrogen) atoms. The monoisotopic (exact) mass is 513 g/mol. The third-order valence-corrected chi connectivity index (χ3v) is 7.08. The highest BCUT2D eigenvalue weighted by atomic mass is 35.5. The van der Waals surface area contributed by atoms with Gasteiger partial charge in [0.15, 0.2) is 0 Å². The first-order chi connectivity index (χ1) is 15.5. The molecule has 10 heteroatoms. The first kappa shape index (κ1) is 27.0. The van der Waals surface area contributed by atoms with E-state index in [0.29, 0.717) is 10.6 Å². The van der Waals surface area contributed by atoms with Gasteiger partial charge in [-0.25, -0.2) is 8.42 Å². The van der Waals surface area contributed by atoms with Crippen LogP contribution in [-0.2, 0) is 26.2 Å². The minimum atomic E-state index is -3.84. The van der Waals surface area contributed by atoms with Gasteiger partial charge in [0.25, 0.3) is 0 Å². The predicted molar refractivity (Wildman–Crippen MR) is 133 cm³/mol. The van der Waals surface area contributed by atoms with Gasteiger partial charge < -0.3 is 10.2 Å². The number of rotatable bonds is 10. The number of nitrogens with one attached hydrogen (secondary N) is 1. The third kappa shape index (κ3) is 7.35. The standard InChI is InChI=1S/C23H29Cl2N3O4S/c1-5-16(2)26-23(30)17(3)27(14-18-10-6-7-11-19(18)24)22(29)15-28(33(4,31)32)21-13-9-8-12-20(21)25/h6-13,16-17H,5,14-15H2,1-4H3,(H,26,30)/t16-,17-/m0/s1. The molecule has 0 unspecified atom stereocenters. The molecule has 0 aliphatic heterocycles. The van der Waals surface area contributed by atoms with Crippen LogP contribution in [0.3, 0.4) is 0 Å². The zero-order valence-corrected chi connectivity index (χ0v) is 21.4. The second kappa shape index (κ2) is 11.7. The van der Waals surface area contributed by atoms with E-state index >= 15 is 0 Å². The molecule has 0 fully saturated rings. The number of amides is 2. The van der Waals surface area contributed by atoms with E-state index in [1.54, 1.807) is 49.4 Å². The number of hydrogen-bond donors (Lipinski definition) is 1. The molecule has 7 nitrogen and oxygen atoms in total. The van der Waals surface area contributed by atoms with Gasteiger partial charge in [-0.15, -0.1) is 0 Å². The van der Waals surface area contributed by atoms with E-state index in [2.05, 4.69) is 5.32 Å². The molecule has 0 aromatic heterocycles. The number of halogens is 2. The third-order valence-electron chi connectivity index (χ3n) is 5.27. The second-order valence-electron chi connectivity index (χ2n) is 7.83. The van der Waals surface area contributed by atoms with Crippen molar-refractivity contribution in [2.24, 2.45) is 0 Å². The van der Waals surface area contributed by atoms with Crippen molar-refractivity contribution >= 4 is 50.7 Å². The number of sulfonamides is 1.